The maximum atomic E-state index is 13.7. The molecule has 0 unspecified atom stereocenters. The van der Waals surface area contributed by atoms with Crippen molar-refractivity contribution in [3.05, 3.63) is 70.9 Å². The number of aryl methyl sites for hydroxylation is 1. The number of halogens is 1. The summed E-state index contributed by atoms with van der Waals surface area (Å²) in [5, 5.41) is 4.60. The predicted molar refractivity (Wildman–Crippen MR) is 125 cm³/mol. The summed E-state index contributed by atoms with van der Waals surface area (Å²) >= 11 is 6.36. The Morgan fingerprint density at radius 1 is 1.18 bits per heavy atom. The Bertz CT molecular complexity index is 1150. The van der Waals surface area contributed by atoms with Crippen molar-refractivity contribution < 1.29 is 18.8 Å². The van der Waals surface area contributed by atoms with E-state index >= 15 is 0 Å². The first-order valence-electron chi connectivity index (χ1n) is 10.9. The number of likely N-dealkylation sites (tertiary alicyclic amines) is 1. The van der Waals surface area contributed by atoms with E-state index in [1.807, 2.05) is 42.5 Å². The summed E-state index contributed by atoms with van der Waals surface area (Å²) in [4.78, 5) is 27.3. The van der Waals surface area contributed by atoms with Crippen molar-refractivity contribution in [1.29, 1.82) is 0 Å². The van der Waals surface area contributed by atoms with Crippen molar-refractivity contribution in [2.45, 2.75) is 26.2 Å². The second kappa shape index (κ2) is 9.67. The van der Waals surface area contributed by atoms with Gasteiger partial charge in [0.1, 0.15) is 22.8 Å². The van der Waals surface area contributed by atoms with Crippen LogP contribution in [0.25, 0.3) is 11.3 Å². The fourth-order valence-corrected chi connectivity index (χ4v) is 4.66. The smallest absolute Gasteiger partial charge is 0.259 e. The van der Waals surface area contributed by atoms with Crippen LogP contribution in [0.3, 0.4) is 0 Å². The lowest BCUT2D eigenvalue weighted by Crippen LogP contribution is -2.50. The Morgan fingerprint density at radius 2 is 1.91 bits per heavy atom. The average molecular weight is 468 g/mol. The SMILES string of the molecule is Cc1onc(-c2ccccc2Cl)c1C(=O)N1CCC[C@](COc2ccccc2)(CC(N)=O)C1. The lowest BCUT2D eigenvalue weighted by molar-refractivity contribution is -0.122. The van der Waals surface area contributed by atoms with E-state index in [1.54, 1.807) is 24.0 Å². The number of hydrogen-bond donors (Lipinski definition) is 1. The quantitative estimate of drug-likeness (QED) is 0.552. The number of carbonyl (C=O) groups excluding carboxylic acids is 2. The summed E-state index contributed by atoms with van der Waals surface area (Å²) in [7, 11) is 0. The fourth-order valence-electron chi connectivity index (χ4n) is 4.44. The zero-order chi connectivity index (χ0) is 23.4. The molecule has 1 saturated heterocycles. The summed E-state index contributed by atoms with van der Waals surface area (Å²) in [6.45, 7) is 2.88. The lowest BCUT2D eigenvalue weighted by Gasteiger charge is -2.42. The zero-order valence-electron chi connectivity index (χ0n) is 18.4. The molecule has 1 aliphatic heterocycles. The molecule has 1 atom stereocenters. The maximum absolute atomic E-state index is 13.7. The normalized spacial score (nSPS) is 18.2. The van der Waals surface area contributed by atoms with Gasteiger partial charge in [0.25, 0.3) is 5.91 Å². The Morgan fingerprint density at radius 3 is 2.64 bits per heavy atom. The highest BCUT2D eigenvalue weighted by Gasteiger charge is 2.41. The van der Waals surface area contributed by atoms with Gasteiger partial charge in [-0.05, 0) is 38.0 Å². The van der Waals surface area contributed by atoms with E-state index < -0.39 is 11.3 Å². The van der Waals surface area contributed by atoms with Crippen molar-refractivity contribution in [3.8, 4) is 17.0 Å². The molecule has 0 spiro atoms. The van der Waals surface area contributed by atoms with E-state index in [0.717, 1.165) is 12.8 Å². The minimum absolute atomic E-state index is 0.129. The predicted octanol–water partition coefficient (Wildman–Crippen LogP) is 4.48. The molecule has 1 aliphatic rings. The minimum atomic E-state index is -0.578. The van der Waals surface area contributed by atoms with Gasteiger partial charge < -0.3 is 19.9 Å². The number of nitrogens with two attached hydrogens (primary N) is 1. The van der Waals surface area contributed by atoms with Gasteiger partial charge in [-0.25, -0.2) is 0 Å². The number of aromatic nitrogens is 1. The van der Waals surface area contributed by atoms with Gasteiger partial charge >= 0.3 is 0 Å². The monoisotopic (exact) mass is 467 g/mol. The Hall–Kier alpha value is -3.32. The van der Waals surface area contributed by atoms with Crippen LogP contribution in [0.5, 0.6) is 5.75 Å². The topological polar surface area (TPSA) is 98.7 Å². The van der Waals surface area contributed by atoms with Crippen molar-refractivity contribution >= 4 is 23.4 Å². The molecule has 0 saturated carbocycles. The van der Waals surface area contributed by atoms with Crippen molar-refractivity contribution in [3.63, 3.8) is 0 Å². The van der Waals surface area contributed by atoms with Crippen LogP contribution in [0, 0.1) is 12.3 Å². The lowest BCUT2D eigenvalue weighted by atomic mass is 9.77. The molecule has 8 heteroatoms. The van der Waals surface area contributed by atoms with Gasteiger partial charge in [-0.3, -0.25) is 9.59 Å². The molecular weight excluding hydrogens is 442 g/mol. The third-order valence-electron chi connectivity index (χ3n) is 5.99. The molecule has 1 aromatic heterocycles. The fraction of sp³-hybridized carbons (Fsp3) is 0.320. The molecule has 2 amide bonds. The van der Waals surface area contributed by atoms with Gasteiger partial charge in [-0.15, -0.1) is 0 Å². The first-order chi connectivity index (χ1) is 15.9. The molecule has 172 valence electrons. The van der Waals surface area contributed by atoms with Crippen LogP contribution in [0.1, 0.15) is 35.4 Å². The van der Waals surface area contributed by atoms with Crippen LogP contribution in [0.15, 0.2) is 59.1 Å². The van der Waals surface area contributed by atoms with Gasteiger partial charge in [0.05, 0.1) is 11.6 Å². The van der Waals surface area contributed by atoms with E-state index in [-0.39, 0.29) is 18.9 Å². The van der Waals surface area contributed by atoms with Crippen LogP contribution in [0.2, 0.25) is 5.02 Å². The summed E-state index contributed by atoms with van der Waals surface area (Å²) in [5.41, 5.74) is 6.44. The van der Waals surface area contributed by atoms with Gasteiger partial charge in [0.2, 0.25) is 5.91 Å². The molecule has 2 N–H and O–H groups in total. The molecule has 2 aromatic carbocycles. The molecule has 0 aliphatic carbocycles. The molecule has 0 radical (unpaired) electrons. The Balaban J connectivity index is 1.60. The number of carbonyl (C=O) groups is 2. The molecule has 3 aromatic rings. The first-order valence-corrected chi connectivity index (χ1v) is 11.2. The van der Waals surface area contributed by atoms with Gasteiger partial charge in [0, 0.05) is 30.5 Å². The number of nitrogens with zero attached hydrogens (tertiary/aromatic N) is 2. The minimum Gasteiger partial charge on any atom is -0.493 e. The largest absolute Gasteiger partial charge is 0.493 e. The Kier molecular flexibility index (Phi) is 6.70. The van der Waals surface area contributed by atoms with Crippen LogP contribution in [-0.4, -0.2) is 41.6 Å². The van der Waals surface area contributed by atoms with Crippen molar-refractivity contribution in [1.82, 2.24) is 10.1 Å². The van der Waals surface area contributed by atoms with E-state index in [0.29, 0.717) is 46.4 Å². The van der Waals surface area contributed by atoms with E-state index in [9.17, 15) is 9.59 Å². The first kappa shape index (κ1) is 22.9. The number of benzene rings is 2. The van der Waals surface area contributed by atoms with Crippen LogP contribution in [0.4, 0.5) is 0 Å². The summed E-state index contributed by atoms with van der Waals surface area (Å²) < 4.78 is 11.4. The second-order valence-electron chi connectivity index (χ2n) is 8.52. The van der Waals surface area contributed by atoms with Crippen molar-refractivity contribution in [2.24, 2.45) is 11.1 Å². The number of piperidine rings is 1. The van der Waals surface area contributed by atoms with Crippen LogP contribution < -0.4 is 10.5 Å². The molecular formula is C25H26ClN3O4. The van der Waals surface area contributed by atoms with Gasteiger partial charge in [-0.2, -0.15) is 0 Å². The third-order valence-corrected chi connectivity index (χ3v) is 6.32. The summed E-state index contributed by atoms with van der Waals surface area (Å²) in [6.07, 6.45) is 1.58. The second-order valence-corrected chi connectivity index (χ2v) is 8.92. The highest BCUT2D eigenvalue weighted by atomic mass is 35.5. The van der Waals surface area contributed by atoms with E-state index in [4.69, 9.17) is 26.6 Å². The highest BCUT2D eigenvalue weighted by Crippen LogP contribution is 2.37. The average Bonchev–Trinajstić information content (AvgIpc) is 3.19. The van der Waals surface area contributed by atoms with Gasteiger partial charge in [-0.1, -0.05) is 53.2 Å². The summed E-state index contributed by atoms with van der Waals surface area (Å²) in [6, 6.07) is 16.6. The number of rotatable bonds is 7. The maximum Gasteiger partial charge on any atom is 0.259 e. The molecule has 7 nitrogen and oxygen atoms in total. The highest BCUT2D eigenvalue weighted by molar-refractivity contribution is 6.33. The number of amides is 2. The number of ether oxygens (including phenoxy) is 1. The number of hydrogen-bond acceptors (Lipinski definition) is 5. The number of primary amides is 1. The molecule has 2 heterocycles. The Labute approximate surface area is 197 Å². The molecule has 33 heavy (non-hydrogen) atoms. The molecule has 0 bridgehead atoms. The van der Waals surface area contributed by atoms with Crippen LogP contribution >= 0.6 is 11.6 Å². The third kappa shape index (κ3) is 5.03. The zero-order valence-corrected chi connectivity index (χ0v) is 19.2. The number of para-hydroxylation sites is 1. The standard InChI is InChI=1S/C25H26ClN3O4/c1-17-22(23(28-33-17)19-10-5-6-11-20(19)26)24(31)29-13-7-12-25(15-29,14-21(27)30)16-32-18-8-3-2-4-9-18/h2-6,8-11H,7,12-16H2,1H3,(H2,27,30)/t25-/m0/s1. The van der Waals surface area contributed by atoms with Crippen molar-refractivity contribution in [2.75, 3.05) is 19.7 Å². The molecule has 1 fully saturated rings. The summed E-state index contributed by atoms with van der Waals surface area (Å²) in [5.74, 6) is 0.498. The van der Waals surface area contributed by atoms with E-state index in [1.165, 1.54) is 0 Å². The molecule has 4 rings (SSSR count). The van der Waals surface area contributed by atoms with Gasteiger partial charge in [0.15, 0.2) is 0 Å². The van der Waals surface area contributed by atoms with E-state index in [2.05, 4.69) is 5.16 Å². The van der Waals surface area contributed by atoms with Crippen LogP contribution in [-0.2, 0) is 4.79 Å².